The lowest BCUT2D eigenvalue weighted by Gasteiger charge is -2.04. The highest BCUT2D eigenvalue weighted by Gasteiger charge is 2.08. The summed E-state index contributed by atoms with van der Waals surface area (Å²) in [7, 11) is 0. The summed E-state index contributed by atoms with van der Waals surface area (Å²) in [5, 5.41) is 0. The first-order chi connectivity index (χ1) is 5.79. The Kier molecular flexibility index (Phi) is 3.32. The van der Waals surface area contributed by atoms with Crippen molar-refractivity contribution in [1.82, 2.24) is 0 Å². The third-order valence-corrected chi connectivity index (χ3v) is 1.38. The maximum absolute atomic E-state index is 10.8. The van der Waals surface area contributed by atoms with Crippen molar-refractivity contribution in [3.63, 3.8) is 0 Å². The molecular formula is C8H10O4. The van der Waals surface area contributed by atoms with Crippen LogP contribution in [0.2, 0.25) is 0 Å². The van der Waals surface area contributed by atoms with Crippen LogP contribution in [0, 0.1) is 0 Å². The summed E-state index contributed by atoms with van der Waals surface area (Å²) >= 11 is 0. The number of hydrogen-bond donors (Lipinski definition) is 0. The van der Waals surface area contributed by atoms with E-state index in [9.17, 15) is 9.59 Å². The quantitative estimate of drug-likeness (QED) is 0.504. The molecule has 0 radical (unpaired) electrons. The first kappa shape index (κ1) is 8.77. The van der Waals surface area contributed by atoms with Crippen molar-refractivity contribution in [3.8, 4) is 0 Å². The summed E-state index contributed by atoms with van der Waals surface area (Å²) in [6, 6.07) is 0. The highest BCUT2D eigenvalue weighted by atomic mass is 16.5. The van der Waals surface area contributed by atoms with Gasteiger partial charge in [-0.2, -0.15) is 0 Å². The van der Waals surface area contributed by atoms with Gasteiger partial charge in [-0.15, -0.1) is 0 Å². The van der Waals surface area contributed by atoms with Crippen LogP contribution in [0.1, 0.15) is 19.3 Å². The monoisotopic (exact) mass is 170 g/mol. The van der Waals surface area contributed by atoms with Crippen molar-refractivity contribution in [2.45, 2.75) is 19.3 Å². The van der Waals surface area contributed by atoms with E-state index in [1.54, 1.807) is 6.08 Å². The summed E-state index contributed by atoms with van der Waals surface area (Å²) in [5.41, 5.74) is 0. The van der Waals surface area contributed by atoms with Gasteiger partial charge in [0.2, 0.25) is 0 Å². The van der Waals surface area contributed by atoms with E-state index in [-0.39, 0.29) is 18.8 Å². The molecule has 0 aromatic rings. The van der Waals surface area contributed by atoms with E-state index in [1.165, 1.54) is 6.26 Å². The Bertz CT molecular complexity index is 207. The Balaban J connectivity index is 2.45. The largest absolute Gasteiger partial charge is 0.465 e. The van der Waals surface area contributed by atoms with Crippen LogP contribution in [0.15, 0.2) is 12.3 Å². The molecule has 0 saturated carbocycles. The Morgan fingerprint density at radius 3 is 2.75 bits per heavy atom. The summed E-state index contributed by atoms with van der Waals surface area (Å²) in [6.07, 6.45) is 3.76. The zero-order valence-electron chi connectivity index (χ0n) is 6.62. The van der Waals surface area contributed by atoms with Gasteiger partial charge in [0.15, 0.2) is 0 Å². The Morgan fingerprint density at radius 2 is 1.92 bits per heavy atom. The lowest BCUT2D eigenvalue weighted by Crippen LogP contribution is -2.10. The predicted octanol–water partition coefficient (Wildman–Crippen LogP) is 0.770. The SMILES string of the molecule is O=C1CCC(=O)OCC/C=C\O1. The number of carbonyl (C=O) groups excluding carboxylic acids is 2. The molecule has 1 aliphatic rings. The topological polar surface area (TPSA) is 52.6 Å². The number of esters is 2. The normalized spacial score (nSPS) is 22.3. The molecule has 4 heteroatoms. The molecule has 12 heavy (non-hydrogen) atoms. The lowest BCUT2D eigenvalue weighted by atomic mass is 10.3. The molecule has 0 atom stereocenters. The van der Waals surface area contributed by atoms with E-state index in [1.807, 2.05) is 0 Å². The number of cyclic esters (lactones) is 2. The predicted molar refractivity (Wildman–Crippen MR) is 40.0 cm³/mol. The van der Waals surface area contributed by atoms with Crippen molar-refractivity contribution in [2.24, 2.45) is 0 Å². The first-order valence-electron chi connectivity index (χ1n) is 3.79. The molecule has 0 aliphatic carbocycles. The molecule has 66 valence electrons. The minimum absolute atomic E-state index is 0.0865. The van der Waals surface area contributed by atoms with Gasteiger partial charge >= 0.3 is 11.9 Å². The van der Waals surface area contributed by atoms with Gasteiger partial charge < -0.3 is 9.47 Å². The zero-order valence-corrected chi connectivity index (χ0v) is 6.62. The molecule has 0 aromatic carbocycles. The number of hydrogen-bond acceptors (Lipinski definition) is 4. The van der Waals surface area contributed by atoms with Crippen LogP contribution in [-0.2, 0) is 19.1 Å². The van der Waals surface area contributed by atoms with Crippen LogP contribution in [0.5, 0.6) is 0 Å². The molecular weight excluding hydrogens is 160 g/mol. The van der Waals surface area contributed by atoms with E-state index in [2.05, 4.69) is 4.74 Å². The van der Waals surface area contributed by atoms with Crippen molar-refractivity contribution >= 4 is 11.9 Å². The minimum atomic E-state index is -0.398. The van der Waals surface area contributed by atoms with E-state index in [4.69, 9.17) is 4.74 Å². The molecule has 1 aliphatic heterocycles. The molecule has 0 fully saturated rings. The third kappa shape index (κ3) is 3.18. The van der Waals surface area contributed by atoms with Gasteiger partial charge in [0.25, 0.3) is 0 Å². The Hall–Kier alpha value is -1.32. The van der Waals surface area contributed by atoms with Crippen molar-refractivity contribution in [1.29, 1.82) is 0 Å². The van der Waals surface area contributed by atoms with E-state index < -0.39 is 5.97 Å². The molecule has 0 amide bonds. The van der Waals surface area contributed by atoms with E-state index in [0.29, 0.717) is 13.0 Å². The number of carbonyl (C=O) groups is 2. The molecule has 0 aromatic heterocycles. The zero-order chi connectivity index (χ0) is 8.81. The fraction of sp³-hybridized carbons (Fsp3) is 0.500. The second-order valence-electron chi connectivity index (χ2n) is 2.37. The van der Waals surface area contributed by atoms with Crippen LogP contribution in [0.3, 0.4) is 0 Å². The summed E-state index contributed by atoms with van der Waals surface area (Å²) in [4.78, 5) is 21.6. The molecule has 1 rings (SSSR count). The van der Waals surface area contributed by atoms with Crippen LogP contribution in [-0.4, -0.2) is 18.5 Å². The molecule has 4 nitrogen and oxygen atoms in total. The molecule has 0 unspecified atom stereocenters. The standard InChI is InChI=1S/C8H10O4/c9-7-3-4-8(10)12-6-2-1-5-11-7/h1,5H,2-4,6H2/b5-1-. The summed E-state index contributed by atoms with van der Waals surface area (Å²) in [6.45, 7) is 0.354. The average molecular weight is 170 g/mol. The van der Waals surface area contributed by atoms with E-state index in [0.717, 1.165) is 0 Å². The van der Waals surface area contributed by atoms with Crippen molar-refractivity contribution in [2.75, 3.05) is 6.61 Å². The first-order valence-corrected chi connectivity index (χ1v) is 3.79. The number of ether oxygens (including phenoxy) is 2. The molecule has 0 saturated heterocycles. The summed E-state index contributed by atoms with van der Waals surface area (Å²) < 4.78 is 9.41. The van der Waals surface area contributed by atoms with Gasteiger partial charge in [-0.05, 0) is 6.08 Å². The molecule has 0 N–H and O–H groups in total. The van der Waals surface area contributed by atoms with Gasteiger partial charge in [0, 0.05) is 6.42 Å². The molecule has 0 spiro atoms. The van der Waals surface area contributed by atoms with Gasteiger partial charge in [-0.3, -0.25) is 9.59 Å². The molecule has 0 bridgehead atoms. The minimum Gasteiger partial charge on any atom is -0.465 e. The van der Waals surface area contributed by atoms with Gasteiger partial charge in [0.05, 0.1) is 25.7 Å². The maximum atomic E-state index is 10.8. The van der Waals surface area contributed by atoms with Crippen LogP contribution in [0.25, 0.3) is 0 Å². The second-order valence-corrected chi connectivity index (χ2v) is 2.37. The highest BCUT2D eigenvalue weighted by molar-refractivity contribution is 5.77. The van der Waals surface area contributed by atoms with Crippen molar-refractivity contribution < 1.29 is 19.1 Å². The van der Waals surface area contributed by atoms with Crippen LogP contribution >= 0.6 is 0 Å². The second kappa shape index (κ2) is 4.54. The van der Waals surface area contributed by atoms with Gasteiger partial charge in [0.1, 0.15) is 0 Å². The lowest BCUT2D eigenvalue weighted by molar-refractivity contribution is -0.148. The van der Waals surface area contributed by atoms with Crippen molar-refractivity contribution in [3.05, 3.63) is 12.3 Å². The van der Waals surface area contributed by atoms with Crippen LogP contribution in [0.4, 0.5) is 0 Å². The van der Waals surface area contributed by atoms with Gasteiger partial charge in [-0.25, -0.2) is 0 Å². The Morgan fingerprint density at radius 1 is 1.17 bits per heavy atom. The summed E-state index contributed by atoms with van der Waals surface area (Å²) in [5.74, 6) is -0.743. The van der Waals surface area contributed by atoms with Gasteiger partial charge in [-0.1, -0.05) is 0 Å². The smallest absolute Gasteiger partial charge is 0.311 e. The van der Waals surface area contributed by atoms with E-state index >= 15 is 0 Å². The van der Waals surface area contributed by atoms with Crippen LogP contribution < -0.4 is 0 Å². The average Bonchev–Trinajstić information content (AvgIpc) is 2.07. The highest BCUT2D eigenvalue weighted by Crippen LogP contribution is 2.00. The number of rotatable bonds is 0. The fourth-order valence-electron chi connectivity index (χ4n) is 0.768. The Labute approximate surface area is 70.1 Å². The molecule has 1 heterocycles. The maximum Gasteiger partial charge on any atom is 0.311 e. The fourth-order valence-corrected chi connectivity index (χ4v) is 0.768. The third-order valence-electron chi connectivity index (χ3n) is 1.38.